The Balaban J connectivity index is 2.20. The van der Waals surface area contributed by atoms with Crippen molar-refractivity contribution in [3.63, 3.8) is 0 Å². The molecule has 1 heterocycles. The average Bonchev–Trinajstić information content (AvgIpc) is 3.73. The van der Waals surface area contributed by atoms with E-state index in [1.54, 1.807) is 7.11 Å². The molecule has 41 heavy (non-hydrogen) atoms. The number of methoxy groups -OCH3 is 1. The second-order valence-corrected chi connectivity index (χ2v) is 14.1. The lowest BCUT2D eigenvalue weighted by Crippen LogP contribution is -2.21. The monoisotopic (exact) mass is 580 g/mol. The summed E-state index contributed by atoms with van der Waals surface area (Å²) in [5.74, 6) is 2.69. The van der Waals surface area contributed by atoms with Crippen molar-refractivity contribution < 1.29 is 9.47 Å². The standard InChI is InChI=1S/C38H77NO2/c1-6-8-10-12-14-16-18-20-22-24-28-34(3)32-36(30-26-27-31-39-37-38(40-5)41-37)33-35(4)29-25-23-21-19-17-15-13-11-9-7-2/h34-39H,6-33H2,1-5H3. The first-order chi connectivity index (χ1) is 20.1. The smallest absolute Gasteiger partial charge is 0.199 e. The summed E-state index contributed by atoms with van der Waals surface area (Å²) in [5.41, 5.74) is 0. The third-order valence-corrected chi connectivity index (χ3v) is 9.64. The molecular weight excluding hydrogens is 502 g/mol. The van der Waals surface area contributed by atoms with Crippen LogP contribution in [0.5, 0.6) is 0 Å². The van der Waals surface area contributed by atoms with Gasteiger partial charge in [0.1, 0.15) is 0 Å². The minimum absolute atomic E-state index is 0.0129. The Morgan fingerprint density at radius 3 is 1.32 bits per heavy atom. The van der Waals surface area contributed by atoms with Gasteiger partial charge in [-0.2, -0.15) is 0 Å². The van der Waals surface area contributed by atoms with Crippen molar-refractivity contribution in [3.05, 3.63) is 0 Å². The Hall–Kier alpha value is -0.120. The topological polar surface area (TPSA) is 33.8 Å². The number of nitrogens with one attached hydrogen (secondary N) is 1. The largest absolute Gasteiger partial charge is 0.352 e. The van der Waals surface area contributed by atoms with Crippen LogP contribution < -0.4 is 5.32 Å². The van der Waals surface area contributed by atoms with Crippen LogP contribution in [0.25, 0.3) is 0 Å². The van der Waals surface area contributed by atoms with E-state index in [1.165, 1.54) is 173 Å². The zero-order chi connectivity index (χ0) is 29.8. The van der Waals surface area contributed by atoms with Crippen LogP contribution in [-0.4, -0.2) is 26.2 Å². The number of ether oxygens (including phenoxy) is 2. The van der Waals surface area contributed by atoms with Crippen molar-refractivity contribution in [2.75, 3.05) is 13.7 Å². The first-order valence-corrected chi connectivity index (χ1v) is 19.0. The molecule has 0 aromatic heterocycles. The first kappa shape index (κ1) is 38.9. The highest BCUT2D eigenvalue weighted by atomic mass is 16.8. The molecule has 0 spiro atoms. The molecule has 3 nitrogen and oxygen atoms in total. The third-order valence-electron chi connectivity index (χ3n) is 9.64. The van der Waals surface area contributed by atoms with Crippen molar-refractivity contribution in [1.29, 1.82) is 0 Å². The number of rotatable bonds is 33. The number of unbranched alkanes of at least 4 members (excludes halogenated alkanes) is 19. The molecule has 246 valence electrons. The van der Waals surface area contributed by atoms with Gasteiger partial charge in [0.2, 0.25) is 0 Å². The lowest BCUT2D eigenvalue weighted by atomic mass is 9.82. The number of epoxide rings is 1. The van der Waals surface area contributed by atoms with Crippen molar-refractivity contribution in [2.45, 2.75) is 214 Å². The fourth-order valence-corrected chi connectivity index (χ4v) is 6.89. The first-order valence-electron chi connectivity index (χ1n) is 19.0. The lowest BCUT2D eigenvalue weighted by Gasteiger charge is -2.24. The SMILES string of the molecule is CCCCCCCCCCCCC(C)CC(CCCCNC1OC1OC)CC(C)CCCCCCCCCCCC. The summed E-state index contributed by atoms with van der Waals surface area (Å²) >= 11 is 0. The van der Waals surface area contributed by atoms with Gasteiger partial charge in [0, 0.05) is 7.11 Å². The van der Waals surface area contributed by atoms with E-state index in [0.29, 0.717) is 0 Å². The molecule has 0 amide bonds. The fraction of sp³-hybridized carbons (Fsp3) is 1.00. The van der Waals surface area contributed by atoms with Gasteiger partial charge < -0.3 is 9.47 Å². The summed E-state index contributed by atoms with van der Waals surface area (Å²) < 4.78 is 10.7. The molecule has 3 heteroatoms. The molecule has 1 rings (SSSR count). The van der Waals surface area contributed by atoms with Gasteiger partial charge >= 0.3 is 0 Å². The summed E-state index contributed by atoms with van der Waals surface area (Å²) in [6, 6.07) is 0. The molecule has 1 saturated heterocycles. The number of hydrogen-bond acceptors (Lipinski definition) is 3. The molecule has 1 aliphatic heterocycles. The van der Waals surface area contributed by atoms with Crippen LogP contribution in [0.2, 0.25) is 0 Å². The van der Waals surface area contributed by atoms with E-state index >= 15 is 0 Å². The number of hydrogen-bond donors (Lipinski definition) is 1. The highest BCUT2D eigenvalue weighted by molar-refractivity contribution is 4.74. The molecule has 0 aliphatic carbocycles. The Morgan fingerprint density at radius 1 is 0.537 bits per heavy atom. The predicted molar refractivity (Wildman–Crippen MR) is 181 cm³/mol. The minimum atomic E-state index is -0.0129. The van der Waals surface area contributed by atoms with Crippen molar-refractivity contribution in [3.8, 4) is 0 Å². The van der Waals surface area contributed by atoms with E-state index in [-0.39, 0.29) is 12.5 Å². The van der Waals surface area contributed by atoms with Gasteiger partial charge in [0.25, 0.3) is 0 Å². The van der Waals surface area contributed by atoms with E-state index < -0.39 is 0 Å². The summed E-state index contributed by atoms with van der Waals surface area (Å²) in [7, 11) is 1.73. The van der Waals surface area contributed by atoms with E-state index in [1.807, 2.05) is 0 Å². The molecule has 1 aliphatic rings. The van der Waals surface area contributed by atoms with Crippen molar-refractivity contribution in [1.82, 2.24) is 5.32 Å². The van der Waals surface area contributed by atoms with Crippen LogP contribution in [0.3, 0.4) is 0 Å². The Bertz CT molecular complexity index is 494. The quantitative estimate of drug-likeness (QED) is 0.0620. The molecule has 0 aromatic rings. The maximum absolute atomic E-state index is 5.44. The van der Waals surface area contributed by atoms with Crippen LogP contribution in [-0.2, 0) is 9.47 Å². The second kappa shape index (κ2) is 28.6. The molecule has 0 saturated carbocycles. The Morgan fingerprint density at radius 2 is 0.927 bits per heavy atom. The van der Waals surface area contributed by atoms with Gasteiger partial charge in [0.15, 0.2) is 12.5 Å². The van der Waals surface area contributed by atoms with Gasteiger partial charge in [-0.05, 0) is 43.6 Å². The van der Waals surface area contributed by atoms with Gasteiger partial charge in [-0.15, -0.1) is 0 Å². The van der Waals surface area contributed by atoms with Crippen molar-refractivity contribution >= 4 is 0 Å². The van der Waals surface area contributed by atoms with Crippen molar-refractivity contribution in [2.24, 2.45) is 17.8 Å². The highest BCUT2D eigenvalue weighted by Gasteiger charge is 2.38. The molecule has 0 radical (unpaired) electrons. The average molecular weight is 580 g/mol. The van der Waals surface area contributed by atoms with Gasteiger partial charge in [-0.25, -0.2) is 0 Å². The molecule has 1 N–H and O–H groups in total. The van der Waals surface area contributed by atoms with E-state index in [9.17, 15) is 0 Å². The molecule has 4 atom stereocenters. The summed E-state index contributed by atoms with van der Waals surface area (Å²) in [4.78, 5) is 0. The normalized spacial score (nSPS) is 19.0. The Labute approximate surface area is 259 Å². The fourth-order valence-electron chi connectivity index (χ4n) is 6.89. The van der Waals surface area contributed by atoms with Gasteiger partial charge in [0.05, 0.1) is 0 Å². The predicted octanol–water partition coefficient (Wildman–Crippen LogP) is 12.4. The van der Waals surface area contributed by atoms with Crippen LogP contribution in [0.4, 0.5) is 0 Å². The molecule has 1 fully saturated rings. The molecular formula is C38H77NO2. The molecule has 0 bridgehead atoms. The summed E-state index contributed by atoms with van der Waals surface area (Å²) in [5, 5.41) is 3.49. The Kier molecular flexibility index (Phi) is 27.2. The maximum Gasteiger partial charge on any atom is 0.199 e. The van der Waals surface area contributed by atoms with Crippen LogP contribution in [0.1, 0.15) is 201 Å². The third kappa shape index (κ3) is 25.0. The summed E-state index contributed by atoms with van der Waals surface area (Å²) in [6.07, 6.45) is 38.8. The minimum Gasteiger partial charge on any atom is -0.352 e. The maximum atomic E-state index is 5.44. The summed E-state index contributed by atoms with van der Waals surface area (Å²) in [6.45, 7) is 10.8. The van der Waals surface area contributed by atoms with E-state index in [4.69, 9.17) is 9.47 Å². The molecule has 0 aromatic carbocycles. The second-order valence-electron chi connectivity index (χ2n) is 14.1. The van der Waals surface area contributed by atoms with Crippen LogP contribution >= 0.6 is 0 Å². The van der Waals surface area contributed by atoms with E-state index in [2.05, 4.69) is 33.0 Å². The zero-order valence-electron chi connectivity index (χ0n) is 29.0. The molecule has 4 unspecified atom stereocenters. The zero-order valence-corrected chi connectivity index (χ0v) is 29.0. The van der Waals surface area contributed by atoms with Gasteiger partial charge in [-0.1, -0.05) is 182 Å². The van der Waals surface area contributed by atoms with Crippen LogP contribution in [0, 0.1) is 17.8 Å². The van der Waals surface area contributed by atoms with Crippen LogP contribution in [0.15, 0.2) is 0 Å². The van der Waals surface area contributed by atoms with Gasteiger partial charge in [-0.3, -0.25) is 5.32 Å². The van der Waals surface area contributed by atoms with E-state index in [0.717, 1.165) is 24.3 Å². The highest BCUT2D eigenvalue weighted by Crippen LogP contribution is 2.30. The lowest BCUT2D eigenvalue weighted by molar-refractivity contribution is 0.0950.